The second-order valence-electron chi connectivity index (χ2n) is 9.01. The minimum Gasteiger partial charge on any atom is -0.493 e. The van der Waals surface area contributed by atoms with Crippen molar-refractivity contribution in [2.75, 3.05) is 31.7 Å². The Morgan fingerprint density at radius 1 is 1.19 bits per heavy atom. The number of fused-ring (bicyclic) bond motifs is 1. The van der Waals surface area contributed by atoms with Gasteiger partial charge in [-0.2, -0.15) is 0 Å². The number of aryl methyl sites for hydroxylation is 1. The summed E-state index contributed by atoms with van der Waals surface area (Å²) in [6.45, 7) is 8.46. The Morgan fingerprint density at radius 3 is 2.72 bits per heavy atom. The van der Waals surface area contributed by atoms with Crippen molar-refractivity contribution in [2.24, 2.45) is 18.9 Å². The van der Waals surface area contributed by atoms with Gasteiger partial charge in [0.05, 0.1) is 13.2 Å². The van der Waals surface area contributed by atoms with E-state index in [4.69, 9.17) is 9.47 Å². The maximum absolute atomic E-state index is 12.7. The van der Waals surface area contributed by atoms with Gasteiger partial charge in [-0.05, 0) is 67.4 Å². The second kappa shape index (κ2) is 10.2. The molecule has 1 aliphatic heterocycles. The minimum absolute atomic E-state index is 0.130. The molecular formula is C26H33N3O3. The lowest BCUT2D eigenvalue weighted by atomic mass is 10.1. The Kier molecular flexibility index (Phi) is 7.12. The van der Waals surface area contributed by atoms with Gasteiger partial charge in [-0.1, -0.05) is 13.8 Å². The third-order valence-corrected chi connectivity index (χ3v) is 5.88. The van der Waals surface area contributed by atoms with Crippen molar-refractivity contribution in [1.29, 1.82) is 0 Å². The van der Waals surface area contributed by atoms with Crippen LogP contribution in [-0.4, -0.2) is 36.8 Å². The standard InChI is InChI=1S/C26H33N3O3/c1-18(2)14-27-15-23-13-21-12-22(6-9-25(21)29(23)3)28-26(30)20-4-7-24(8-5-20)32-17-19-10-11-31-16-19/h4-9,12-13,18-19,27H,10-11,14-17H2,1-3H3,(H,28,30). The van der Waals surface area contributed by atoms with Crippen LogP contribution in [0.1, 0.15) is 36.3 Å². The average molecular weight is 436 g/mol. The number of benzene rings is 2. The van der Waals surface area contributed by atoms with E-state index in [1.165, 1.54) is 5.69 Å². The summed E-state index contributed by atoms with van der Waals surface area (Å²) >= 11 is 0. The maximum Gasteiger partial charge on any atom is 0.255 e. The number of nitrogens with one attached hydrogen (secondary N) is 2. The van der Waals surface area contributed by atoms with Crippen LogP contribution in [0.25, 0.3) is 10.9 Å². The number of nitrogens with zero attached hydrogens (tertiary/aromatic N) is 1. The van der Waals surface area contributed by atoms with Gasteiger partial charge >= 0.3 is 0 Å². The molecule has 170 valence electrons. The quantitative estimate of drug-likeness (QED) is 0.516. The van der Waals surface area contributed by atoms with Crippen LogP contribution in [0.4, 0.5) is 5.69 Å². The van der Waals surface area contributed by atoms with Crippen LogP contribution in [0.3, 0.4) is 0 Å². The van der Waals surface area contributed by atoms with E-state index in [0.717, 1.165) is 55.1 Å². The fourth-order valence-corrected chi connectivity index (χ4v) is 3.98. The molecule has 2 heterocycles. The van der Waals surface area contributed by atoms with Crippen molar-refractivity contribution < 1.29 is 14.3 Å². The molecule has 4 rings (SSSR count). The lowest BCUT2D eigenvalue weighted by Gasteiger charge is -2.11. The summed E-state index contributed by atoms with van der Waals surface area (Å²) in [6, 6.07) is 15.5. The smallest absolute Gasteiger partial charge is 0.255 e. The number of hydrogen-bond donors (Lipinski definition) is 2. The molecule has 0 radical (unpaired) electrons. The van der Waals surface area contributed by atoms with Gasteiger partial charge in [-0.15, -0.1) is 0 Å². The zero-order chi connectivity index (χ0) is 22.5. The van der Waals surface area contributed by atoms with E-state index in [2.05, 4.69) is 48.2 Å². The topological polar surface area (TPSA) is 64.5 Å². The van der Waals surface area contributed by atoms with Crippen LogP contribution in [0.2, 0.25) is 0 Å². The maximum atomic E-state index is 12.7. The zero-order valence-corrected chi connectivity index (χ0v) is 19.2. The highest BCUT2D eigenvalue weighted by molar-refractivity contribution is 6.05. The predicted octanol–water partition coefficient (Wildman–Crippen LogP) is 4.59. The molecule has 1 aliphatic rings. The summed E-state index contributed by atoms with van der Waals surface area (Å²) in [4.78, 5) is 12.7. The predicted molar refractivity (Wildman–Crippen MR) is 128 cm³/mol. The molecule has 1 amide bonds. The third kappa shape index (κ3) is 5.50. The molecule has 1 saturated heterocycles. The Labute approximate surface area is 189 Å². The summed E-state index contributed by atoms with van der Waals surface area (Å²) in [6.07, 6.45) is 1.04. The first-order valence-corrected chi connectivity index (χ1v) is 11.4. The Balaban J connectivity index is 1.37. The van der Waals surface area contributed by atoms with E-state index in [-0.39, 0.29) is 5.91 Å². The molecule has 0 spiro atoms. The molecule has 1 atom stereocenters. The van der Waals surface area contributed by atoms with Crippen LogP contribution < -0.4 is 15.4 Å². The van der Waals surface area contributed by atoms with Crippen LogP contribution in [0.5, 0.6) is 5.75 Å². The molecule has 2 aromatic carbocycles. The number of hydrogen-bond acceptors (Lipinski definition) is 4. The van der Waals surface area contributed by atoms with E-state index in [1.54, 1.807) is 12.1 Å². The molecule has 1 aromatic heterocycles. The van der Waals surface area contributed by atoms with Crippen LogP contribution in [-0.2, 0) is 18.3 Å². The Bertz CT molecular complexity index is 1050. The lowest BCUT2D eigenvalue weighted by Crippen LogP contribution is -2.20. The number of rotatable bonds is 9. The normalized spacial score (nSPS) is 16.1. The van der Waals surface area contributed by atoms with Gasteiger partial charge in [0.2, 0.25) is 0 Å². The summed E-state index contributed by atoms with van der Waals surface area (Å²) in [5.41, 5.74) is 3.77. The van der Waals surface area contributed by atoms with Gasteiger partial charge in [-0.3, -0.25) is 4.79 Å². The van der Waals surface area contributed by atoms with Crippen molar-refractivity contribution >= 4 is 22.5 Å². The van der Waals surface area contributed by atoms with Crippen LogP contribution >= 0.6 is 0 Å². The Morgan fingerprint density at radius 2 is 2.00 bits per heavy atom. The van der Waals surface area contributed by atoms with Crippen molar-refractivity contribution in [3.8, 4) is 5.75 Å². The van der Waals surface area contributed by atoms with Gasteiger partial charge in [0.15, 0.2) is 0 Å². The first kappa shape index (κ1) is 22.4. The number of amides is 1. The van der Waals surface area contributed by atoms with Crippen molar-refractivity contribution in [3.63, 3.8) is 0 Å². The number of ether oxygens (including phenoxy) is 2. The highest BCUT2D eigenvalue weighted by atomic mass is 16.5. The number of anilines is 1. The van der Waals surface area contributed by atoms with Gasteiger partial charge in [0.25, 0.3) is 5.91 Å². The third-order valence-electron chi connectivity index (χ3n) is 5.88. The van der Waals surface area contributed by atoms with Gasteiger partial charge in [0, 0.05) is 54.0 Å². The molecule has 0 bridgehead atoms. The molecule has 32 heavy (non-hydrogen) atoms. The van der Waals surface area contributed by atoms with E-state index < -0.39 is 0 Å². The molecule has 1 unspecified atom stereocenters. The number of carbonyl (C=O) groups excluding carboxylic acids is 1. The summed E-state index contributed by atoms with van der Waals surface area (Å²) in [5.74, 6) is 1.72. The second-order valence-corrected chi connectivity index (χ2v) is 9.01. The van der Waals surface area contributed by atoms with Crippen molar-refractivity contribution in [3.05, 3.63) is 59.8 Å². The Hall–Kier alpha value is -2.83. The van der Waals surface area contributed by atoms with Gasteiger partial charge in [0.1, 0.15) is 5.75 Å². The van der Waals surface area contributed by atoms with E-state index >= 15 is 0 Å². The summed E-state index contributed by atoms with van der Waals surface area (Å²) < 4.78 is 13.4. The molecule has 2 N–H and O–H groups in total. The van der Waals surface area contributed by atoms with E-state index in [9.17, 15) is 4.79 Å². The first-order valence-electron chi connectivity index (χ1n) is 11.4. The molecular weight excluding hydrogens is 402 g/mol. The lowest BCUT2D eigenvalue weighted by molar-refractivity contribution is 0.102. The van der Waals surface area contributed by atoms with Gasteiger partial charge in [-0.25, -0.2) is 0 Å². The van der Waals surface area contributed by atoms with E-state index in [0.29, 0.717) is 24.0 Å². The highest BCUT2D eigenvalue weighted by Crippen LogP contribution is 2.24. The minimum atomic E-state index is -0.130. The fourth-order valence-electron chi connectivity index (χ4n) is 3.98. The molecule has 0 aliphatic carbocycles. The number of aromatic nitrogens is 1. The van der Waals surface area contributed by atoms with Crippen LogP contribution in [0, 0.1) is 11.8 Å². The fraction of sp³-hybridized carbons (Fsp3) is 0.423. The molecule has 3 aromatic rings. The molecule has 1 fully saturated rings. The van der Waals surface area contributed by atoms with Gasteiger partial charge < -0.3 is 24.7 Å². The largest absolute Gasteiger partial charge is 0.493 e. The molecule has 6 nitrogen and oxygen atoms in total. The van der Waals surface area contributed by atoms with Crippen molar-refractivity contribution in [1.82, 2.24) is 9.88 Å². The molecule has 0 saturated carbocycles. The summed E-state index contributed by atoms with van der Waals surface area (Å²) in [7, 11) is 2.08. The molecule has 6 heteroatoms. The number of carbonyl (C=O) groups is 1. The highest BCUT2D eigenvalue weighted by Gasteiger charge is 2.16. The van der Waals surface area contributed by atoms with Crippen molar-refractivity contribution in [2.45, 2.75) is 26.8 Å². The van der Waals surface area contributed by atoms with Crippen LogP contribution in [0.15, 0.2) is 48.5 Å². The zero-order valence-electron chi connectivity index (χ0n) is 19.2. The first-order chi connectivity index (χ1) is 15.5. The SMILES string of the molecule is CC(C)CNCc1cc2cc(NC(=O)c3ccc(OCC4CCOC4)cc3)ccc2n1C. The summed E-state index contributed by atoms with van der Waals surface area (Å²) in [5, 5.41) is 7.62. The monoisotopic (exact) mass is 435 g/mol. The average Bonchev–Trinajstić information content (AvgIpc) is 3.40. The van der Waals surface area contributed by atoms with E-state index in [1.807, 2.05) is 24.3 Å².